The standard InChI is InChI=1S/C29H13F9N2O2/c30-27(31,32)19-9-10-21(24(29(36,37)38)23(19)28(33,34)35)42-26-18-12-15-6-2-1-5-14(15)11-17(18)25(39-40-26)22-13-16-7-3-4-8-20(16)41-22/h1-13H. The highest BCUT2D eigenvalue weighted by Crippen LogP contribution is 2.51. The molecule has 0 radical (unpaired) electrons. The molecule has 0 spiro atoms. The van der Waals surface area contributed by atoms with Crippen molar-refractivity contribution in [3.8, 4) is 23.1 Å². The minimum Gasteiger partial charge on any atom is -0.454 e. The number of aromatic nitrogens is 2. The number of halogens is 9. The van der Waals surface area contributed by atoms with Gasteiger partial charge in [0.25, 0.3) is 0 Å². The van der Waals surface area contributed by atoms with Crippen LogP contribution < -0.4 is 4.74 Å². The number of alkyl halides is 9. The largest absolute Gasteiger partial charge is 0.454 e. The van der Waals surface area contributed by atoms with Crippen LogP contribution in [0.1, 0.15) is 16.7 Å². The van der Waals surface area contributed by atoms with Crippen molar-refractivity contribution < 1.29 is 48.7 Å². The number of hydrogen-bond acceptors (Lipinski definition) is 4. The second-order valence-electron chi connectivity index (χ2n) is 9.20. The fourth-order valence-corrected chi connectivity index (χ4v) is 4.76. The maximum absolute atomic E-state index is 14.0. The summed E-state index contributed by atoms with van der Waals surface area (Å²) in [6.07, 6.45) is -17.6. The summed E-state index contributed by atoms with van der Waals surface area (Å²) in [7, 11) is 0. The number of nitrogens with zero attached hydrogens (tertiary/aromatic N) is 2. The highest BCUT2D eigenvalue weighted by Gasteiger charge is 2.52. The summed E-state index contributed by atoms with van der Waals surface area (Å²) in [6, 6.07) is 18.6. The van der Waals surface area contributed by atoms with Gasteiger partial charge in [0.2, 0.25) is 5.88 Å². The highest BCUT2D eigenvalue weighted by molar-refractivity contribution is 6.05. The summed E-state index contributed by atoms with van der Waals surface area (Å²) in [4.78, 5) is 0. The lowest BCUT2D eigenvalue weighted by atomic mass is 9.98. The van der Waals surface area contributed by atoms with E-state index in [9.17, 15) is 39.5 Å². The molecule has 0 aliphatic rings. The van der Waals surface area contributed by atoms with Crippen molar-refractivity contribution in [2.24, 2.45) is 0 Å². The molecule has 0 saturated carbocycles. The summed E-state index contributed by atoms with van der Waals surface area (Å²) in [5, 5.41) is 10.1. The molecule has 0 amide bonds. The van der Waals surface area contributed by atoms with Crippen molar-refractivity contribution in [2.45, 2.75) is 18.5 Å². The van der Waals surface area contributed by atoms with Crippen molar-refractivity contribution in [3.63, 3.8) is 0 Å². The van der Waals surface area contributed by atoms with Gasteiger partial charge in [-0.1, -0.05) is 42.5 Å². The number of hydrogen-bond donors (Lipinski definition) is 0. The second kappa shape index (κ2) is 9.36. The quantitative estimate of drug-likeness (QED) is 0.152. The number of rotatable bonds is 3. The van der Waals surface area contributed by atoms with Crippen molar-refractivity contribution in [2.75, 3.05) is 0 Å². The van der Waals surface area contributed by atoms with Crippen LogP contribution in [0.15, 0.2) is 83.3 Å². The van der Waals surface area contributed by atoms with Gasteiger partial charge in [-0.2, -0.15) is 39.5 Å². The molecule has 0 unspecified atom stereocenters. The van der Waals surface area contributed by atoms with Gasteiger partial charge in [0, 0.05) is 16.2 Å². The smallest absolute Gasteiger partial charge is 0.420 e. The first-order valence-corrected chi connectivity index (χ1v) is 12.0. The predicted molar refractivity (Wildman–Crippen MR) is 134 cm³/mol. The highest BCUT2D eigenvalue weighted by atomic mass is 19.4. The molecule has 6 aromatic rings. The number of benzene rings is 4. The molecule has 4 nitrogen and oxygen atoms in total. The molecule has 214 valence electrons. The average molecular weight is 592 g/mol. The Kier molecular flexibility index (Phi) is 6.10. The molecule has 0 aliphatic carbocycles. The average Bonchev–Trinajstić information content (AvgIpc) is 3.34. The number of para-hydroxylation sites is 1. The molecule has 0 fully saturated rings. The van der Waals surface area contributed by atoms with Gasteiger partial charge in [-0.05, 0) is 47.2 Å². The summed E-state index contributed by atoms with van der Waals surface area (Å²) in [5.41, 5.74) is -7.40. The Hall–Kier alpha value is -4.81. The van der Waals surface area contributed by atoms with E-state index in [0.29, 0.717) is 21.7 Å². The van der Waals surface area contributed by atoms with E-state index in [2.05, 4.69) is 10.2 Å². The van der Waals surface area contributed by atoms with E-state index < -0.39 is 46.8 Å². The van der Waals surface area contributed by atoms with E-state index in [0.717, 1.165) is 0 Å². The number of furan rings is 1. The monoisotopic (exact) mass is 592 g/mol. The van der Waals surface area contributed by atoms with Crippen LogP contribution in [0.2, 0.25) is 0 Å². The Morgan fingerprint density at radius 2 is 1.17 bits per heavy atom. The van der Waals surface area contributed by atoms with Gasteiger partial charge >= 0.3 is 18.5 Å². The minimum absolute atomic E-state index is 0.0285. The van der Waals surface area contributed by atoms with Crippen LogP contribution in [0.3, 0.4) is 0 Å². The number of ether oxygens (including phenoxy) is 1. The summed E-state index contributed by atoms with van der Waals surface area (Å²) in [5.74, 6) is -1.95. The van der Waals surface area contributed by atoms with Crippen LogP contribution in [-0.4, -0.2) is 10.2 Å². The van der Waals surface area contributed by atoms with Crippen molar-refractivity contribution >= 4 is 32.5 Å². The van der Waals surface area contributed by atoms with Crippen LogP contribution in [-0.2, 0) is 18.5 Å². The molecule has 6 rings (SSSR count). The summed E-state index contributed by atoms with van der Waals surface area (Å²) in [6.45, 7) is 0. The first-order valence-electron chi connectivity index (χ1n) is 12.0. The van der Waals surface area contributed by atoms with Gasteiger partial charge in [-0.15, -0.1) is 10.2 Å². The first-order chi connectivity index (χ1) is 19.7. The Morgan fingerprint density at radius 3 is 1.76 bits per heavy atom. The van der Waals surface area contributed by atoms with Crippen molar-refractivity contribution in [1.82, 2.24) is 10.2 Å². The Labute approximate surface area is 228 Å². The third-order valence-corrected chi connectivity index (χ3v) is 6.52. The molecule has 0 atom stereocenters. The third kappa shape index (κ3) is 4.74. The van der Waals surface area contributed by atoms with Gasteiger partial charge in [-0.25, -0.2) is 0 Å². The van der Waals surface area contributed by atoms with E-state index in [1.54, 1.807) is 60.7 Å². The molecule has 2 aromatic heterocycles. The molecule has 42 heavy (non-hydrogen) atoms. The van der Waals surface area contributed by atoms with Crippen LogP contribution in [0.4, 0.5) is 39.5 Å². The fourth-order valence-electron chi connectivity index (χ4n) is 4.76. The molecular formula is C29H13F9N2O2. The van der Waals surface area contributed by atoms with E-state index in [1.807, 2.05) is 0 Å². The lowest BCUT2D eigenvalue weighted by molar-refractivity contribution is -0.175. The van der Waals surface area contributed by atoms with Crippen molar-refractivity contribution in [1.29, 1.82) is 0 Å². The van der Waals surface area contributed by atoms with Gasteiger partial charge in [0.1, 0.15) is 22.6 Å². The van der Waals surface area contributed by atoms with Crippen LogP contribution >= 0.6 is 0 Å². The van der Waals surface area contributed by atoms with E-state index in [-0.39, 0.29) is 34.4 Å². The maximum Gasteiger partial charge on any atom is 0.420 e. The minimum atomic E-state index is -6.02. The molecule has 13 heteroatoms. The molecular weight excluding hydrogens is 579 g/mol. The lowest BCUT2D eigenvalue weighted by Gasteiger charge is -2.23. The summed E-state index contributed by atoms with van der Waals surface area (Å²) < 4.78 is 135. The van der Waals surface area contributed by atoms with Gasteiger partial charge < -0.3 is 9.15 Å². The number of fused-ring (bicyclic) bond motifs is 3. The van der Waals surface area contributed by atoms with Gasteiger partial charge in [-0.3, -0.25) is 0 Å². The van der Waals surface area contributed by atoms with E-state index in [4.69, 9.17) is 9.15 Å². The van der Waals surface area contributed by atoms with Crippen LogP contribution in [0.5, 0.6) is 11.6 Å². The fraction of sp³-hybridized carbons (Fsp3) is 0.103. The van der Waals surface area contributed by atoms with Crippen molar-refractivity contribution in [3.05, 3.63) is 95.6 Å². The topological polar surface area (TPSA) is 48.2 Å². The predicted octanol–water partition coefficient (Wildman–Crippen LogP) is 10.0. The lowest BCUT2D eigenvalue weighted by Crippen LogP contribution is -2.23. The Bertz CT molecular complexity index is 1960. The SMILES string of the molecule is FC(F)(F)c1ccc(Oc2nnc(-c3cc4ccccc4o3)c3cc4ccccc4cc23)c(C(F)(F)F)c1C(F)(F)F. The first kappa shape index (κ1) is 27.4. The Balaban J connectivity index is 1.60. The van der Waals surface area contributed by atoms with Crippen LogP contribution in [0.25, 0.3) is 44.0 Å². The van der Waals surface area contributed by atoms with Gasteiger partial charge in [0.05, 0.1) is 11.1 Å². The molecule has 4 aromatic carbocycles. The zero-order valence-corrected chi connectivity index (χ0v) is 20.6. The molecule has 0 N–H and O–H groups in total. The molecule has 0 saturated heterocycles. The van der Waals surface area contributed by atoms with Crippen LogP contribution in [0, 0.1) is 0 Å². The summed E-state index contributed by atoms with van der Waals surface area (Å²) >= 11 is 0. The Morgan fingerprint density at radius 1 is 0.571 bits per heavy atom. The second-order valence-corrected chi connectivity index (χ2v) is 9.20. The molecule has 2 heterocycles. The normalized spacial score (nSPS) is 12.9. The zero-order valence-electron chi connectivity index (χ0n) is 20.6. The zero-order chi connectivity index (χ0) is 30.0. The maximum atomic E-state index is 14.0. The molecule has 0 aliphatic heterocycles. The van der Waals surface area contributed by atoms with E-state index in [1.165, 1.54) is 6.07 Å². The third-order valence-electron chi connectivity index (χ3n) is 6.52. The molecule has 0 bridgehead atoms. The van der Waals surface area contributed by atoms with E-state index >= 15 is 0 Å². The van der Waals surface area contributed by atoms with Gasteiger partial charge in [0.15, 0.2) is 5.76 Å².